The average Bonchev–Trinajstić information content (AvgIpc) is 2.47. The first-order chi connectivity index (χ1) is 9.80. The summed E-state index contributed by atoms with van der Waals surface area (Å²) in [6, 6.07) is 10.1. The molecule has 1 aromatic rings. The zero-order valence-electron chi connectivity index (χ0n) is 13.2. The molecular formula is C18H26O3. The summed E-state index contributed by atoms with van der Waals surface area (Å²) < 4.78 is 0. The van der Waals surface area contributed by atoms with Crippen LogP contribution >= 0.6 is 0 Å². The molecule has 0 aromatic heterocycles. The van der Waals surface area contributed by atoms with Crippen molar-refractivity contribution in [3.63, 3.8) is 0 Å². The van der Waals surface area contributed by atoms with Gasteiger partial charge in [0.05, 0.1) is 11.5 Å². The minimum absolute atomic E-state index is 0.0488. The topological polar surface area (TPSA) is 57.5 Å². The summed E-state index contributed by atoms with van der Waals surface area (Å²) >= 11 is 0. The Balaban J connectivity index is 2.41. The number of carbonyl (C=O) groups is 1. The van der Waals surface area contributed by atoms with Gasteiger partial charge in [-0.25, -0.2) is 0 Å². The number of aliphatic hydroxyl groups is 1. The molecule has 3 nitrogen and oxygen atoms in total. The third kappa shape index (κ3) is 2.84. The number of rotatable bonds is 4. The first-order valence-corrected chi connectivity index (χ1v) is 7.81. The quantitative estimate of drug-likeness (QED) is 0.890. The Labute approximate surface area is 127 Å². The Morgan fingerprint density at radius 2 is 1.90 bits per heavy atom. The molecule has 0 amide bonds. The molecule has 1 fully saturated rings. The molecular weight excluding hydrogens is 264 g/mol. The maximum Gasteiger partial charge on any atom is 0.309 e. The minimum atomic E-state index is -1.14. The second kappa shape index (κ2) is 5.80. The van der Waals surface area contributed by atoms with Crippen LogP contribution in [0.1, 0.15) is 52.0 Å². The van der Waals surface area contributed by atoms with Crippen LogP contribution in [0.4, 0.5) is 0 Å². The van der Waals surface area contributed by atoms with E-state index in [2.05, 4.69) is 26.0 Å². The number of carboxylic acid groups (broad SMARTS) is 1. The summed E-state index contributed by atoms with van der Waals surface area (Å²) in [6.45, 7) is 5.89. The highest BCUT2D eigenvalue weighted by Crippen LogP contribution is 2.49. The first-order valence-electron chi connectivity index (χ1n) is 7.81. The zero-order valence-corrected chi connectivity index (χ0v) is 13.2. The van der Waals surface area contributed by atoms with Crippen LogP contribution in [0.5, 0.6) is 0 Å². The van der Waals surface area contributed by atoms with Gasteiger partial charge in [-0.05, 0) is 36.7 Å². The molecule has 0 radical (unpaired) electrons. The van der Waals surface area contributed by atoms with Gasteiger partial charge in [0.1, 0.15) is 0 Å². The van der Waals surface area contributed by atoms with Crippen molar-refractivity contribution in [3.8, 4) is 0 Å². The molecule has 1 aliphatic carbocycles. The van der Waals surface area contributed by atoms with Crippen LogP contribution in [0.3, 0.4) is 0 Å². The van der Waals surface area contributed by atoms with Gasteiger partial charge >= 0.3 is 5.97 Å². The normalized spacial score (nSPS) is 28.1. The van der Waals surface area contributed by atoms with Crippen molar-refractivity contribution in [2.45, 2.75) is 57.5 Å². The van der Waals surface area contributed by atoms with Crippen LogP contribution in [0.2, 0.25) is 0 Å². The fraction of sp³-hybridized carbons (Fsp3) is 0.611. The van der Waals surface area contributed by atoms with Crippen LogP contribution in [-0.2, 0) is 10.2 Å². The maximum absolute atomic E-state index is 11.5. The minimum Gasteiger partial charge on any atom is -0.481 e. The van der Waals surface area contributed by atoms with Crippen molar-refractivity contribution in [3.05, 3.63) is 35.9 Å². The summed E-state index contributed by atoms with van der Waals surface area (Å²) in [5.41, 5.74) is -0.225. The molecule has 0 bridgehead atoms. The van der Waals surface area contributed by atoms with Gasteiger partial charge in [-0.15, -0.1) is 0 Å². The Bertz CT molecular complexity index is 494. The highest BCUT2D eigenvalue weighted by Gasteiger charge is 2.52. The van der Waals surface area contributed by atoms with E-state index in [4.69, 9.17) is 0 Å². The van der Waals surface area contributed by atoms with Crippen molar-refractivity contribution in [2.75, 3.05) is 0 Å². The van der Waals surface area contributed by atoms with E-state index in [-0.39, 0.29) is 11.3 Å². The molecule has 1 saturated carbocycles. The van der Waals surface area contributed by atoms with E-state index >= 15 is 0 Å². The lowest BCUT2D eigenvalue weighted by Crippen LogP contribution is -2.55. The first kappa shape index (κ1) is 16.0. The molecule has 116 valence electrons. The van der Waals surface area contributed by atoms with E-state index in [1.165, 1.54) is 0 Å². The van der Waals surface area contributed by atoms with Gasteiger partial charge in [0.25, 0.3) is 0 Å². The monoisotopic (exact) mass is 290 g/mol. The van der Waals surface area contributed by atoms with Crippen LogP contribution in [0.25, 0.3) is 0 Å². The fourth-order valence-electron chi connectivity index (χ4n) is 3.97. The molecule has 3 atom stereocenters. The third-order valence-electron chi connectivity index (χ3n) is 5.43. The lowest BCUT2D eigenvalue weighted by molar-refractivity contribution is -0.164. The molecule has 3 heteroatoms. The van der Waals surface area contributed by atoms with Crippen molar-refractivity contribution in [1.82, 2.24) is 0 Å². The van der Waals surface area contributed by atoms with Gasteiger partial charge in [-0.2, -0.15) is 0 Å². The molecule has 0 heterocycles. The van der Waals surface area contributed by atoms with E-state index in [0.717, 1.165) is 24.8 Å². The number of benzene rings is 1. The van der Waals surface area contributed by atoms with Crippen LogP contribution in [0, 0.1) is 11.8 Å². The number of hydrogen-bond acceptors (Lipinski definition) is 2. The predicted molar refractivity (Wildman–Crippen MR) is 83.2 cm³/mol. The molecule has 3 unspecified atom stereocenters. The molecule has 0 aliphatic heterocycles. The van der Waals surface area contributed by atoms with E-state index in [0.29, 0.717) is 6.42 Å². The van der Waals surface area contributed by atoms with Gasteiger partial charge in [0.15, 0.2) is 0 Å². The van der Waals surface area contributed by atoms with Crippen molar-refractivity contribution >= 4 is 5.97 Å². The second-order valence-corrected chi connectivity index (χ2v) is 6.94. The summed E-state index contributed by atoms with van der Waals surface area (Å²) in [7, 11) is 0. The molecule has 0 saturated heterocycles. The average molecular weight is 290 g/mol. The van der Waals surface area contributed by atoms with Crippen LogP contribution < -0.4 is 0 Å². The van der Waals surface area contributed by atoms with E-state index < -0.39 is 17.5 Å². The molecule has 2 N–H and O–H groups in total. The van der Waals surface area contributed by atoms with Crippen molar-refractivity contribution in [2.24, 2.45) is 11.8 Å². The van der Waals surface area contributed by atoms with Crippen LogP contribution in [0.15, 0.2) is 30.3 Å². The summed E-state index contributed by atoms with van der Waals surface area (Å²) in [5, 5.41) is 20.6. The highest BCUT2D eigenvalue weighted by atomic mass is 16.4. The molecule has 1 aromatic carbocycles. The molecule has 21 heavy (non-hydrogen) atoms. The maximum atomic E-state index is 11.5. The fourth-order valence-corrected chi connectivity index (χ4v) is 3.97. The number of hydrogen-bond donors (Lipinski definition) is 2. The number of aliphatic carboxylic acids is 1. The zero-order chi connectivity index (χ0) is 15.7. The van der Waals surface area contributed by atoms with Crippen LogP contribution in [-0.4, -0.2) is 21.8 Å². The second-order valence-electron chi connectivity index (χ2n) is 6.94. The Morgan fingerprint density at radius 3 is 2.48 bits per heavy atom. The third-order valence-corrected chi connectivity index (χ3v) is 5.43. The van der Waals surface area contributed by atoms with Gasteiger partial charge in [-0.1, -0.05) is 57.0 Å². The van der Waals surface area contributed by atoms with Gasteiger partial charge < -0.3 is 10.2 Å². The van der Waals surface area contributed by atoms with Gasteiger partial charge in [0.2, 0.25) is 0 Å². The largest absolute Gasteiger partial charge is 0.481 e. The lowest BCUT2D eigenvalue weighted by Gasteiger charge is -2.50. The SMILES string of the molecule is CC(C(=O)O)C1(O)CCCCC1C(C)(C)c1ccccc1. The Hall–Kier alpha value is -1.35. The highest BCUT2D eigenvalue weighted by molar-refractivity contribution is 5.71. The van der Waals surface area contributed by atoms with Gasteiger partial charge in [-0.3, -0.25) is 4.79 Å². The Kier molecular flexibility index (Phi) is 4.43. The summed E-state index contributed by atoms with van der Waals surface area (Å²) in [4.78, 5) is 11.5. The molecule has 2 rings (SSSR count). The van der Waals surface area contributed by atoms with Crippen molar-refractivity contribution < 1.29 is 15.0 Å². The van der Waals surface area contributed by atoms with Gasteiger partial charge in [0, 0.05) is 0 Å². The predicted octanol–water partition coefficient (Wildman–Crippen LogP) is 3.61. The standard InChI is InChI=1S/C18H26O3/c1-13(16(19)20)18(21)12-8-7-11-15(18)17(2,3)14-9-5-4-6-10-14/h4-6,9-10,13,15,21H,7-8,11-12H2,1-3H3,(H,19,20). The van der Waals surface area contributed by atoms with E-state index in [1.807, 2.05) is 18.2 Å². The lowest BCUT2D eigenvalue weighted by atomic mass is 9.57. The van der Waals surface area contributed by atoms with Crippen molar-refractivity contribution in [1.29, 1.82) is 0 Å². The van der Waals surface area contributed by atoms with E-state index in [1.54, 1.807) is 6.92 Å². The smallest absolute Gasteiger partial charge is 0.309 e. The van der Waals surface area contributed by atoms with E-state index in [9.17, 15) is 15.0 Å². The number of carboxylic acids is 1. The molecule has 1 aliphatic rings. The summed E-state index contributed by atoms with van der Waals surface area (Å²) in [5.74, 6) is -1.70. The Morgan fingerprint density at radius 1 is 1.29 bits per heavy atom. The summed E-state index contributed by atoms with van der Waals surface area (Å²) in [6.07, 6.45) is 3.39. The molecule has 0 spiro atoms.